The number of pyridine rings is 1. The third-order valence-electron chi connectivity index (χ3n) is 6.45. The average Bonchev–Trinajstić information content (AvgIpc) is 3.20. The number of benzene rings is 1. The van der Waals surface area contributed by atoms with Crippen LogP contribution in [0.2, 0.25) is 0 Å². The smallest absolute Gasteiger partial charge is 0.269 e. The number of fused-ring (bicyclic) bond motifs is 1. The van der Waals surface area contributed by atoms with E-state index in [1.807, 2.05) is 6.92 Å². The first-order valence-electron chi connectivity index (χ1n) is 11.4. The van der Waals surface area contributed by atoms with Gasteiger partial charge in [0.25, 0.3) is 10.0 Å². The van der Waals surface area contributed by atoms with E-state index in [9.17, 15) is 22.3 Å². The number of rotatable bonds is 5. The highest BCUT2D eigenvalue weighted by Gasteiger charge is 2.26. The van der Waals surface area contributed by atoms with Crippen LogP contribution >= 0.6 is 0 Å². The van der Waals surface area contributed by atoms with E-state index in [1.165, 1.54) is 24.4 Å². The van der Waals surface area contributed by atoms with Gasteiger partial charge in [0.15, 0.2) is 17.3 Å². The van der Waals surface area contributed by atoms with Crippen molar-refractivity contribution in [2.45, 2.75) is 50.0 Å². The third-order valence-corrected chi connectivity index (χ3v) is 8.12. The predicted molar refractivity (Wildman–Crippen MR) is 126 cm³/mol. The van der Waals surface area contributed by atoms with Crippen molar-refractivity contribution in [3.05, 3.63) is 71.8 Å². The molecule has 2 atom stereocenters. The van der Waals surface area contributed by atoms with E-state index in [-0.39, 0.29) is 38.9 Å². The summed E-state index contributed by atoms with van der Waals surface area (Å²) in [5.74, 6) is -1.07. The minimum Gasteiger partial charge on any atom is -0.393 e. The Hall–Kier alpha value is -3.24. The van der Waals surface area contributed by atoms with Gasteiger partial charge in [-0.25, -0.2) is 36.1 Å². The van der Waals surface area contributed by atoms with Crippen molar-refractivity contribution >= 4 is 21.1 Å². The summed E-state index contributed by atoms with van der Waals surface area (Å²) in [5.41, 5.74) is 1.33. The maximum absolute atomic E-state index is 14.6. The lowest BCUT2D eigenvalue weighted by molar-refractivity contribution is 0.100. The number of aliphatic hydroxyl groups is 1. The van der Waals surface area contributed by atoms with Crippen LogP contribution in [-0.4, -0.2) is 38.6 Å². The molecule has 35 heavy (non-hydrogen) atoms. The highest BCUT2D eigenvalue weighted by atomic mass is 32.2. The Kier molecular flexibility index (Phi) is 6.10. The Labute approximate surface area is 201 Å². The number of halogens is 2. The van der Waals surface area contributed by atoms with Crippen LogP contribution in [0.5, 0.6) is 0 Å². The molecule has 1 aliphatic carbocycles. The molecule has 0 spiro atoms. The second kappa shape index (κ2) is 9.09. The number of nitrogens with zero attached hydrogens (tertiary/aromatic N) is 4. The van der Waals surface area contributed by atoms with Crippen LogP contribution in [0.3, 0.4) is 0 Å². The number of aryl methyl sites for hydroxylation is 1. The first-order chi connectivity index (χ1) is 16.7. The molecule has 3 heterocycles. The molecule has 1 saturated carbocycles. The number of hydrogen-bond donors (Lipinski definition) is 1. The molecule has 1 fully saturated rings. The molecule has 1 aromatic carbocycles. The van der Waals surface area contributed by atoms with E-state index in [2.05, 4.69) is 15.0 Å². The van der Waals surface area contributed by atoms with E-state index in [4.69, 9.17) is 0 Å². The first-order valence-corrected chi connectivity index (χ1v) is 12.8. The molecule has 4 aromatic rings. The fourth-order valence-electron chi connectivity index (χ4n) is 4.64. The van der Waals surface area contributed by atoms with Gasteiger partial charge in [-0.2, -0.15) is 0 Å². The summed E-state index contributed by atoms with van der Waals surface area (Å²) in [6.45, 7) is 1.85. The Bertz CT molecular complexity index is 1500. The van der Waals surface area contributed by atoms with E-state index in [0.29, 0.717) is 12.8 Å². The van der Waals surface area contributed by atoms with Crippen molar-refractivity contribution in [3.8, 4) is 11.4 Å². The lowest BCUT2D eigenvalue weighted by Crippen LogP contribution is -2.21. The topological polar surface area (TPSA) is 98.0 Å². The van der Waals surface area contributed by atoms with Crippen molar-refractivity contribution in [2.75, 3.05) is 0 Å². The van der Waals surface area contributed by atoms with Gasteiger partial charge in [0.05, 0.1) is 29.1 Å². The summed E-state index contributed by atoms with van der Waals surface area (Å²) in [4.78, 5) is 12.6. The molecule has 0 radical (unpaired) electrons. The molecule has 0 bridgehead atoms. The van der Waals surface area contributed by atoms with Crippen LogP contribution in [0, 0.1) is 24.5 Å². The number of aliphatic hydroxyl groups excluding tert-OH is 1. The van der Waals surface area contributed by atoms with E-state index < -0.39 is 27.8 Å². The molecule has 7 nitrogen and oxygen atoms in total. The van der Waals surface area contributed by atoms with Crippen LogP contribution in [0.4, 0.5) is 8.78 Å². The quantitative estimate of drug-likeness (QED) is 0.438. The maximum atomic E-state index is 14.6. The van der Waals surface area contributed by atoms with Gasteiger partial charge in [-0.1, -0.05) is 24.1 Å². The highest BCUT2D eigenvalue weighted by Crippen LogP contribution is 2.32. The molecule has 5 rings (SSSR count). The lowest BCUT2D eigenvalue weighted by Gasteiger charge is -2.25. The monoisotopic (exact) mass is 498 g/mol. The fourth-order valence-corrected chi connectivity index (χ4v) is 5.96. The molecule has 3 aromatic heterocycles. The van der Waals surface area contributed by atoms with Gasteiger partial charge in [0.2, 0.25) is 0 Å². The van der Waals surface area contributed by atoms with E-state index in [0.717, 1.165) is 41.2 Å². The normalized spacial score (nSPS) is 18.7. The van der Waals surface area contributed by atoms with Gasteiger partial charge in [0.1, 0.15) is 5.82 Å². The van der Waals surface area contributed by atoms with E-state index >= 15 is 0 Å². The van der Waals surface area contributed by atoms with Crippen molar-refractivity contribution in [1.82, 2.24) is 18.9 Å². The van der Waals surface area contributed by atoms with E-state index in [1.54, 1.807) is 12.1 Å². The molecular weight excluding hydrogens is 474 g/mol. The Morgan fingerprint density at radius 1 is 1.11 bits per heavy atom. The Balaban J connectivity index is 1.61. The zero-order valence-corrected chi connectivity index (χ0v) is 19.8. The van der Waals surface area contributed by atoms with Crippen molar-refractivity contribution in [2.24, 2.45) is 5.92 Å². The Morgan fingerprint density at radius 3 is 2.63 bits per heavy atom. The average molecular weight is 499 g/mol. The van der Waals surface area contributed by atoms with Gasteiger partial charge < -0.3 is 5.11 Å². The largest absolute Gasteiger partial charge is 0.393 e. The van der Waals surface area contributed by atoms with Crippen molar-refractivity contribution < 1.29 is 22.3 Å². The van der Waals surface area contributed by atoms with Gasteiger partial charge in [-0.15, -0.1) is 0 Å². The molecule has 0 saturated heterocycles. The lowest BCUT2D eigenvalue weighted by atomic mass is 9.84. The molecule has 0 unspecified atom stereocenters. The zero-order valence-electron chi connectivity index (χ0n) is 19.0. The molecule has 1 N–H and O–H groups in total. The van der Waals surface area contributed by atoms with Gasteiger partial charge >= 0.3 is 0 Å². The molecule has 1 aliphatic rings. The summed E-state index contributed by atoms with van der Waals surface area (Å²) in [5, 5.41) is 10.2. The molecule has 10 heteroatoms. The third kappa shape index (κ3) is 4.55. The first kappa shape index (κ1) is 23.5. The summed E-state index contributed by atoms with van der Waals surface area (Å²) in [6.07, 6.45) is 6.24. The highest BCUT2D eigenvalue weighted by molar-refractivity contribution is 7.90. The summed E-state index contributed by atoms with van der Waals surface area (Å²) >= 11 is 0. The second-order valence-corrected chi connectivity index (χ2v) is 10.9. The SMILES string of the molecule is Cc1ccc(S(=O)(=O)n2cc(-c3ncc(F)c(C[C@H]4CCC[C@@H](O)C4)n3)c3cc(F)cnc32)cc1. The van der Waals surface area contributed by atoms with Crippen molar-refractivity contribution in [1.29, 1.82) is 0 Å². The van der Waals surface area contributed by atoms with Crippen LogP contribution in [0.1, 0.15) is 36.9 Å². The maximum Gasteiger partial charge on any atom is 0.269 e. The molecule has 0 aliphatic heterocycles. The minimum atomic E-state index is -4.06. The predicted octanol–water partition coefficient (Wildman–Crippen LogP) is 4.41. The van der Waals surface area contributed by atoms with Crippen molar-refractivity contribution in [3.63, 3.8) is 0 Å². The van der Waals surface area contributed by atoms with Gasteiger partial charge in [0, 0.05) is 17.1 Å². The molecular formula is C25H24F2N4O3S. The number of hydrogen-bond acceptors (Lipinski definition) is 6. The second-order valence-electron chi connectivity index (χ2n) is 9.06. The van der Waals surface area contributed by atoms with Crippen LogP contribution in [0.25, 0.3) is 22.4 Å². The summed E-state index contributed by atoms with van der Waals surface area (Å²) < 4.78 is 56.5. The van der Waals surface area contributed by atoms with Crippen LogP contribution in [-0.2, 0) is 16.4 Å². The van der Waals surface area contributed by atoms with Gasteiger partial charge in [-0.05, 0) is 56.7 Å². The zero-order chi connectivity index (χ0) is 24.7. The van der Waals surface area contributed by atoms with Crippen LogP contribution in [0.15, 0.2) is 53.8 Å². The number of aromatic nitrogens is 4. The van der Waals surface area contributed by atoms with Gasteiger partial charge in [-0.3, -0.25) is 0 Å². The molecule has 182 valence electrons. The fraction of sp³-hybridized carbons (Fsp3) is 0.320. The summed E-state index contributed by atoms with van der Waals surface area (Å²) in [6, 6.07) is 7.52. The standard InChI is InChI=1S/C25H24F2N4O3S/c1-15-5-7-19(8-6-15)35(33,34)31-14-21(20-11-17(26)12-29-25(20)31)24-28-13-22(27)23(30-24)10-16-3-2-4-18(32)9-16/h5-8,11-14,16,18,32H,2-4,9-10H2,1H3/t16-,18+/m0/s1. The summed E-state index contributed by atoms with van der Waals surface area (Å²) in [7, 11) is -4.06. The van der Waals surface area contributed by atoms with Crippen LogP contribution < -0.4 is 0 Å². The molecule has 0 amide bonds. The Morgan fingerprint density at radius 2 is 1.89 bits per heavy atom. The minimum absolute atomic E-state index is 0.0202.